The molecule has 13 heavy (non-hydrogen) atoms. The molecule has 0 radical (unpaired) electrons. The fraction of sp³-hybridized carbons (Fsp3) is 0.800. The molecule has 0 saturated carbocycles. The SMILES string of the molecule is C=CC(C)[SiH](OC(C)C)OC(C)C. The maximum absolute atomic E-state index is 5.76. The minimum absolute atomic E-state index is 0.248. The van der Waals surface area contributed by atoms with Gasteiger partial charge in [-0.2, -0.15) is 0 Å². The number of hydrogen-bond acceptors (Lipinski definition) is 2. The molecule has 0 aliphatic heterocycles. The summed E-state index contributed by atoms with van der Waals surface area (Å²) in [6.45, 7) is 14.0. The Morgan fingerprint density at radius 1 is 1.00 bits per heavy atom. The van der Waals surface area contributed by atoms with Crippen LogP contribution in [-0.2, 0) is 8.85 Å². The minimum atomic E-state index is -1.56. The summed E-state index contributed by atoms with van der Waals surface area (Å²) in [6, 6.07) is 0. The van der Waals surface area contributed by atoms with Crippen molar-refractivity contribution in [1.29, 1.82) is 0 Å². The predicted octanol–water partition coefficient (Wildman–Crippen LogP) is 2.63. The second-order valence-electron chi connectivity index (χ2n) is 3.83. The van der Waals surface area contributed by atoms with Gasteiger partial charge in [-0.05, 0) is 27.7 Å². The van der Waals surface area contributed by atoms with Gasteiger partial charge >= 0.3 is 9.28 Å². The standard InChI is InChI=1S/C10H22O2Si/c1-7-10(6)13(11-8(2)3)12-9(4)5/h7-10,13H,1H2,2-6H3. The highest BCUT2D eigenvalue weighted by molar-refractivity contribution is 6.47. The van der Waals surface area contributed by atoms with Gasteiger partial charge in [0, 0.05) is 17.7 Å². The monoisotopic (exact) mass is 202 g/mol. The fourth-order valence-corrected chi connectivity index (χ4v) is 2.78. The lowest BCUT2D eigenvalue weighted by Gasteiger charge is -2.24. The van der Waals surface area contributed by atoms with E-state index in [1.54, 1.807) is 0 Å². The molecule has 1 unspecified atom stereocenters. The second kappa shape index (κ2) is 6.35. The molecule has 0 fully saturated rings. The summed E-state index contributed by atoms with van der Waals surface area (Å²) in [7, 11) is -1.56. The van der Waals surface area contributed by atoms with Crippen LogP contribution >= 0.6 is 0 Å². The zero-order valence-electron chi connectivity index (χ0n) is 9.41. The molecular formula is C10H22O2Si. The van der Waals surface area contributed by atoms with Gasteiger partial charge < -0.3 is 8.85 Å². The first-order valence-electron chi connectivity index (χ1n) is 4.90. The largest absolute Gasteiger partial charge is 0.394 e. The minimum Gasteiger partial charge on any atom is -0.394 e. The van der Waals surface area contributed by atoms with Crippen LogP contribution < -0.4 is 0 Å². The van der Waals surface area contributed by atoms with Crippen molar-refractivity contribution in [3.63, 3.8) is 0 Å². The Hall–Kier alpha value is -0.123. The molecule has 0 bridgehead atoms. The Bertz CT molecular complexity index is 136. The zero-order chi connectivity index (χ0) is 10.4. The highest BCUT2D eigenvalue weighted by atomic mass is 28.3. The van der Waals surface area contributed by atoms with Crippen LogP contribution in [0, 0.1) is 0 Å². The lowest BCUT2D eigenvalue weighted by molar-refractivity contribution is 0.126. The van der Waals surface area contributed by atoms with Crippen molar-refractivity contribution < 1.29 is 8.85 Å². The first kappa shape index (κ1) is 12.9. The molecule has 0 spiro atoms. The molecule has 1 atom stereocenters. The summed E-state index contributed by atoms with van der Waals surface area (Å²) in [4.78, 5) is 0. The number of rotatable bonds is 6. The van der Waals surface area contributed by atoms with Crippen molar-refractivity contribution >= 4 is 9.28 Å². The molecule has 3 heteroatoms. The van der Waals surface area contributed by atoms with Crippen molar-refractivity contribution in [3.8, 4) is 0 Å². The molecule has 0 aliphatic rings. The average molecular weight is 202 g/mol. The summed E-state index contributed by atoms with van der Waals surface area (Å²) in [5.41, 5.74) is 0.366. The van der Waals surface area contributed by atoms with E-state index >= 15 is 0 Å². The highest BCUT2D eigenvalue weighted by Crippen LogP contribution is 2.15. The normalized spacial score (nSPS) is 14.2. The van der Waals surface area contributed by atoms with Crippen molar-refractivity contribution in [2.75, 3.05) is 0 Å². The van der Waals surface area contributed by atoms with Crippen LogP contribution in [0.4, 0.5) is 0 Å². The van der Waals surface area contributed by atoms with Crippen LogP contribution in [0.25, 0.3) is 0 Å². The van der Waals surface area contributed by atoms with Gasteiger partial charge in [0.1, 0.15) is 0 Å². The van der Waals surface area contributed by atoms with E-state index in [1.807, 2.05) is 33.8 Å². The van der Waals surface area contributed by atoms with Crippen LogP contribution in [-0.4, -0.2) is 21.5 Å². The van der Waals surface area contributed by atoms with Crippen molar-refractivity contribution in [2.24, 2.45) is 0 Å². The smallest absolute Gasteiger partial charge is 0.328 e. The first-order valence-corrected chi connectivity index (χ1v) is 6.51. The average Bonchev–Trinajstić information content (AvgIpc) is 2.00. The molecule has 0 saturated heterocycles. The number of hydrogen-bond donors (Lipinski definition) is 0. The molecule has 0 aromatic heterocycles. The highest BCUT2D eigenvalue weighted by Gasteiger charge is 2.22. The third-order valence-corrected chi connectivity index (χ3v) is 4.37. The van der Waals surface area contributed by atoms with Gasteiger partial charge in [0.2, 0.25) is 0 Å². The Kier molecular flexibility index (Phi) is 6.29. The molecule has 0 aliphatic carbocycles. The topological polar surface area (TPSA) is 18.5 Å². The van der Waals surface area contributed by atoms with Gasteiger partial charge in [-0.25, -0.2) is 0 Å². The molecule has 0 aromatic rings. The van der Waals surface area contributed by atoms with Crippen LogP contribution in [0.3, 0.4) is 0 Å². The van der Waals surface area contributed by atoms with E-state index in [0.29, 0.717) is 5.54 Å². The van der Waals surface area contributed by atoms with Gasteiger partial charge in [0.25, 0.3) is 0 Å². The summed E-state index contributed by atoms with van der Waals surface area (Å²) in [5.74, 6) is 0. The summed E-state index contributed by atoms with van der Waals surface area (Å²) >= 11 is 0. The molecule has 0 rings (SSSR count). The van der Waals surface area contributed by atoms with E-state index in [-0.39, 0.29) is 12.2 Å². The Morgan fingerprint density at radius 2 is 1.38 bits per heavy atom. The molecule has 0 heterocycles. The van der Waals surface area contributed by atoms with Crippen molar-refractivity contribution in [2.45, 2.75) is 52.4 Å². The summed E-state index contributed by atoms with van der Waals surface area (Å²) in [5, 5.41) is 0. The lowest BCUT2D eigenvalue weighted by atomic mass is 10.5. The summed E-state index contributed by atoms with van der Waals surface area (Å²) < 4.78 is 11.5. The van der Waals surface area contributed by atoms with E-state index in [9.17, 15) is 0 Å². The van der Waals surface area contributed by atoms with E-state index < -0.39 is 9.28 Å². The summed E-state index contributed by atoms with van der Waals surface area (Å²) in [6.07, 6.45) is 2.41. The first-order chi connectivity index (χ1) is 5.97. The third-order valence-electron chi connectivity index (χ3n) is 1.61. The second-order valence-corrected chi connectivity index (χ2v) is 6.17. The number of allylic oxidation sites excluding steroid dienone is 1. The van der Waals surface area contributed by atoms with Crippen molar-refractivity contribution in [1.82, 2.24) is 0 Å². The molecule has 78 valence electrons. The quantitative estimate of drug-likeness (QED) is 0.487. The Balaban J connectivity index is 4.09. The van der Waals surface area contributed by atoms with Crippen LogP contribution in [0.5, 0.6) is 0 Å². The van der Waals surface area contributed by atoms with E-state index in [2.05, 4.69) is 13.5 Å². The van der Waals surface area contributed by atoms with Crippen molar-refractivity contribution in [3.05, 3.63) is 12.7 Å². The lowest BCUT2D eigenvalue weighted by Crippen LogP contribution is -2.32. The fourth-order valence-electron chi connectivity index (χ4n) is 0.928. The third kappa shape index (κ3) is 6.02. The Labute approximate surface area is 83.8 Å². The molecule has 0 aromatic carbocycles. The molecular weight excluding hydrogens is 180 g/mol. The predicted molar refractivity (Wildman–Crippen MR) is 59.2 cm³/mol. The van der Waals surface area contributed by atoms with E-state index in [4.69, 9.17) is 8.85 Å². The van der Waals surface area contributed by atoms with Gasteiger partial charge in [0.05, 0.1) is 0 Å². The van der Waals surface area contributed by atoms with Crippen LogP contribution in [0.1, 0.15) is 34.6 Å². The van der Waals surface area contributed by atoms with Gasteiger partial charge in [-0.1, -0.05) is 13.0 Å². The van der Waals surface area contributed by atoms with E-state index in [0.717, 1.165) is 0 Å². The zero-order valence-corrected chi connectivity index (χ0v) is 10.6. The Morgan fingerprint density at radius 3 is 1.62 bits per heavy atom. The maximum atomic E-state index is 5.76. The molecule has 0 amide bonds. The van der Waals surface area contributed by atoms with Gasteiger partial charge in [-0.3, -0.25) is 0 Å². The van der Waals surface area contributed by atoms with E-state index in [1.165, 1.54) is 0 Å². The molecule has 0 N–H and O–H groups in total. The van der Waals surface area contributed by atoms with Crippen LogP contribution in [0.15, 0.2) is 12.7 Å². The van der Waals surface area contributed by atoms with Crippen LogP contribution in [0.2, 0.25) is 5.54 Å². The maximum Gasteiger partial charge on any atom is 0.328 e. The van der Waals surface area contributed by atoms with Gasteiger partial charge in [0.15, 0.2) is 0 Å². The van der Waals surface area contributed by atoms with Gasteiger partial charge in [-0.15, -0.1) is 6.58 Å². The molecule has 2 nitrogen and oxygen atoms in total.